The quantitative estimate of drug-likeness (QED) is 0.284. The number of carbonyl (C=O) groups is 1. The summed E-state index contributed by atoms with van der Waals surface area (Å²) in [4.78, 5) is 30.7. The summed E-state index contributed by atoms with van der Waals surface area (Å²) >= 11 is 0. The molecular formula is C6H11Na2O9P. The van der Waals surface area contributed by atoms with Crippen molar-refractivity contribution < 1.29 is 103 Å². The predicted octanol–water partition coefficient (Wildman–Crippen LogP) is -10.2. The van der Waals surface area contributed by atoms with Crippen LogP contribution in [0.3, 0.4) is 0 Å². The van der Waals surface area contributed by atoms with Gasteiger partial charge < -0.3 is 39.3 Å². The van der Waals surface area contributed by atoms with Crippen LogP contribution in [-0.2, 0) is 13.9 Å². The standard InChI is InChI=1S/C6H13O9P.2Na/c1-2(7)3(8)4(9)5(10)6(11)15-16(12,13)14;;/h2-5,7-10H,1H3,(H2,12,13,14);;/q;2*+1/p-2. The predicted molar refractivity (Wildman–Crippen MR) is 43.4 cm³/mol. The van der Waals surface area contributed by atoms with Crippen molar-refractivity contribution in [1.29, 1.82) is 0 Å². The van der Waals surface area contributed by atoms with Crippen molar-refractivity contribution in [3.05, 3.63) is 0 Å². The zero-order valence-electron chi connectivity index (χ0n) is 10.1. The molecule has 0 heterocycles. The molecule has 4 N–H and O–H groups in total. The van der Waals surface area contributed by atoms with Crippen LogP contribution in [0.5, 0.6) is 0 Å². The Labute approximate surface area is 147 Å². The van der Waals surface area contributed by atoms with Gasteiger partial charge in [0, 0.05) is 0 Å². The number of hydrogen-bond acceptors (Lipinski definition) is 9. The van der Waals surface area contributed by atoms with E-state index in [9.17, 15) is 19.1 Å². The van der Waals surface area contributed by atoms with Gasteiger partial charge in [-0.25, -0.2) is 4.79 Å². The summed E-state index contributed by atoms with van der Waals surface area (Å²) in [5, 5.41) is 35.9. The first-order valence-corrected chi connectivity index (χ1v) is 5.50. The Morgan fingerprint density at radius 3 is 1.78 bits per heavy atom. The third-order valence-corrected chi connectivity index (χ3v) is 2.01. The van der Waals surface area contributed by atoms with E-state index >= 15 is 0 Å². The van der Waals surface area contributed by atoms with Crippen molar-refractivity contribution >= 4 is 13.8 Å². The van der Waals surface area contributed by atoms with E-state index in [0.717, 1.165) is 6.92 Å². The van der Waals surface area contributed by atoms with E-state index < -0.39 is 38.2 Å². The zero-order valence-corrected chi connectivity index (χ0v) is 15.0. The van der Waals surface area contributed by atoms with Crippen LogP contribution in [0.1, 0.15) is 6.92 Å². The number of phosphoric ester groups is 1. The molecule has 4 unspecified atom stereocenters. The topological polar surface area (TPSA) is 170 Å². The number of phosphoric acid groups is 1. The fourth-order valence-corrected chi connectivity index (χ4v) is 1.10. The van der Waals surface area contributed by atoms with Crippen molar-refractivity contribution in [2.75, 3.05) is 0 Å². The Morgan fingerprint density at radius 1 is 1.11 bits per heavy atom. The Hall–Kier alpha value is 1.46. The van der Waals surface area contributed by atoms with Crippen LogP contribution in [0.2, 0.25) is 0 Å². The number of carbonyl (C=O) groups excluding carboxylic acids is 1. The van der Waals surface area contributed by atoms with Crippen LogP contribution in [0.25, 0.3) is 0 Å². The molecule has 0 aromatic rings. The van der Waals surface area contributed by atoms with Gasteiger partial charge in [-0.1, -0.05) is 0 Å². The molecule has 0 saturated carbocycles. The van der Waals surface area contributed by atoms with Gasteiger partial charge in [0.05, 0.1) is 6.10 Å². The van der Waals surface area contributed by atoms with E-state index in [-0.39, 0.29) is 59.1 Å². The van der Waals surface area contributed by atoms with Crippen molar-refractivity contribution in [1.82, 2.24) is 0 Å². The van der Waals surface area contributed by atoms with E-state index in [1.165, 1.54) is 0 Å². The minimum Gasteiger partial charge on any atom is -0.780 e. The Kier molecular flexibility index (Phi) is 13.9. The summed E-state index contributed by atoms with van der Waals surface area (Å²) in [5.74, 6) is -1.93. The number of aliphatic hydroxyl groups is 4. The molecule has 96 valence electrons. The van der Waals surface area contributed by atoms with E-state index in [2.05, 4.69) is 4.52 Å². The smallest absolute Gasteiger partial charge is 0.780 e. The van der Waals surface area contributed by atoms with Gasteiger partial charge in [0.25, 0.3) is 0 Å². The molecule has 0 saturated heterocycles. The van der Waals surface area contributed by atoms with E-state index in [4.69, 9.17) is 20.4 Å². The molecule has 0 amide bonds. The first kappa shape index (κ1) is 24.5. The number of rotatable bonds is 5. The molecule has 0 spiro atoms. The maximum Gasteiger partial charge on any atom is 1.00 e. The Bertz CT molecular complexity index is 293. The molecule has 0 aliphatic rings. The molecule has 0 aromatic heterocycles. The van der Waals surface area contributed by atoms with Gasteiger partial charge in [0.1, 0.15) is 20.0 Å². The maximum atomic E-state index is 10.7. The fourth-order valence-electron chi connectivity index (χ4n) is 0.776. The van der Waals surface area contributed by atoms with E-state index in [0.29, 0.717) is 0 Å². The molecule has 0 aromatic carbocycles. The largest absolute Gasteiger partial charge is 1.00 e. The molecule has 0 rings (SSSR count). The second-order valence-corrected chi connectivity index (χ2v) is 4.10. The van der Waals surface area contributed by atoms with Gasteiger partial charge in [-0.2, -0.15) is 0 Å². The number of hydrogen-bond donors (Lipinski definition) is 4. The van der Waals surface area contributed by atoms with Crippen LogP contribution in [0.15, 0.2) is 0 Å². The van der Waals surface area contributed by atoms with Gasteiger partial charge in [-0.05, 0) is 6.92 Å². The fraction of sp³-hybridized carbons (Fsp3) is 0.833. The maximum absolute atomic E-state index is 10.7. The average Bonchev–Trinajstić information content (AvgIpc) is 2.11. The summed E-state index contributed by atoms with van der Waals surface area (Å²) in [6, 6.07) is 0. The van der Waals surface area contributed by atoms with Crippen molar-refractivity contribution in [3.8, 4) is 0 Å². The van der Waals surface area contributed by atoms with Crippen molar-refractivity contribution in [2.24, 2.45) is 0 Å². The second-order valence-electron chi connectivity index (χ2n) is 3.02. The summed E-state index contributed by atoms with van der Waals surface area (Å²) in [5.41, 5.74) is 0. The summed E-state index contributed by atoms with van der Waals surface area (Å²) in [6.45, 7) is 1.05. The first-order chi connectivity index (χ1) is 7.06. The Balaban J connectivity index is -0.00000112. The van der Waals surface area contributed by atoms with Crippen molar-refractivity contribution in [2.45, 2.75) is 31.3 Å². The minimum atomic E-state index is -5.63. The van der Waals surface area contributed by atoms with E-state index in [1.54, 1.807) is 0 Å². The third-order valence-electron chi connectivity index (χ3n) is 1.61. The van der Waals surface area contributed by atoms with Gasteiger partial charge in [0.2, 0.25) is 0 Å². The first-order valence-electron chi connectivity index (χ1n) is 4.04. The minimum absolute atomic E-state index is 0. The van der Waals surface area contributed by atoms with Crippen LogP contribution >= 0.6 is 7.82 Å². The number of aliphatic hydroxyl groups excluding tert-OH is 4. The molecule has 0 bridgehead atoms. The second kappa shape index (κ2) is 10.2. The van der Waals surface area contributed by atoms with Crippen LogP contribution < -0.4 is 68.9 Å². The molecule has 0 aliphatic heterocycles. The molecule has 0 aliphatic carbocycles. The molecule has 4 atom stereocenters. The summed E-state index contributed by atoms with van der Waals surface area (Å²) in [6.07, 6.45) is -8.02. The third kappa shape index (κ3) is 9.38. The van der Waals surface area contributed by atoms with E-state index in [1.807, 2.05) is 0 Å². The van der Waals surface area contributed by atoms with Gasteiger partial charge >= 0.3 is 65.1 Å². The average molecular weight is 304 g/mol. The van der Waals surface area contributed by atoms with Crippen molar-refractivity contribution in [3.63, 3.8) is 0 Å². The van der Waals surface area contributed by atoms with Crippen LogP contribution in [-0.4, -0.2) is 50.8 Å². The molecule has 0 radical (unpaired) electrons. The van der Waals surface area contributed by atoms with Gasteiger partial charge in [-0.3, -0.25) is 0 Å². The normalized spacial score (nSPS) is 17.5. The zero-order chi connectivity index (χ0) is 13.1. The molecule has 12 heteroatoms. The van der Waals surface area contributed by atoms with Gasteiger partial charge in [0.15, 0.2) is 6.10 Å². The molecular weight excluding hydrogens is 293 g/mol. The molecule has 0 fully saturated rings. The van der Waals surface area contributed by atoms with Crippen LogP contribution in [0.4, 0.5) is 0 Å². The summed E-state index contributed by atoms with van der Waals surface area (Å²) in [7, 11) is -5.63. The SMILES string of the molecule is CC(O)C(O)C(O)C(O)C(=O)OP(=O)([O-])[O-].[Na+].[Na+]. The Morgan fingerprint density at radius 2 is 1.50 bits per heavy atom. The van der Waals surface area contributed by atoms with Gasteiger partial charge in [-0.15, -0.1) is 0 Å². The molecule has 18 heavy (non-hydrogen) atoms. The molecule has 9 nitrogen and oxygen atoms in total. The van der Waals surface area contributed by atoms with Crippen LogP contribution in [0, 0.1) is 0 Å². The summed E-state index contributed by atoms with van der Waals surface area (Å²) < 4.78 is 13.3. The monoisotopic (exact) mass is 304 g/mol.